The average Bonchev–Trinajstić information content (AvgIpc) is 3.37. The Hall–Kier alpha value is -1.55. The molecule has 4 nitrogen and oxygen atoms in total. The molecule has 4 bridgehead atoms. The van der Waals surface area contributed by atoms with Crippen molar-refractivity contribution < 1.29 is 14.6 Å². The molecule has 3 saturated carbocycles. The number of nitrogens with zero attached hydrogens (tertiary/aromatic N) is 1. The summed E-state index contributed by atoms with van der Waals surface area (Å²) in [5, 5.41) is 10.8. The molecule has 5 fully saturated rings. The number of amides is 1. The molecule has 0 radical (unpaired) electrons. The van der Waals surface area contributed by atoms with Crippen LogP contribution in [0.25, 0.3) is 0 Å². The fraction of sp³-hybridized carbons (Fsp3) is 0.720. The van der Waals surface area contributed by atoms with Crippen LogP contribution in [-0.2, 0) is 4.79 Å². The highest BCUT2D eigenvalue weighted by atomic mass is 16.5. The number of piperidine rings is 2. The number of hydrogen-bond donors (Lipinski definition) is 1. The maximum atomic E-state index is 13.4. The van der Waals surface area contributed by atoms with Gasteiger partial charge < -0.3 is 14.7 Å². The van der Waals surface area contributed by atoms with Gasteiger partial charge in [-0.25, -0.2) is 0 Å². The molecule has 6 aliphatic rings. The minimum Gasteiger partial charge on any atom is -0.493 e. The smallest absolute Gasteiger partial charge is 0.223 e. The van der Waals surface area contributed by atoms with Gasteiger partial charge in [0.05, 0.1) is 12.2 Å². The van der Waals surface area contributed by atoms with Gasteiger partial charge in [-0.1, -0.05) is 13.0 Å². The van der Waals surface area contributed by atoms with Crippen LogP contribution in [0, 0.1) is 18.8 Å². The molecule has 1 aromatic carbocycles. The first-order valence-electron chi connectivity index (χ1n) is 11.7. The lowest BCUT2D eigenvalue weighted by Gasteiger charge is -2.59. The first kappa shape index (κ1) is 18.2. The molecule has 4 atom stereocenters. The fourth-order valence-electron chi connectivity index (χ4n) is 7.38. The van der Waals surface area contributed by atoms with E-state index >= 15 is 0 Å². The van der Waals surface area contributed by atoms with Gasteiger partial charge in [0.1, 0.15) is 5.75 Å². The van der Waals surface area contributed by atoms with Crippen LogP contribution in [0.3, 0.4) is 0 Å². The molecule has 1 amide bonds. The Morgan fingerprint density at radius 1 is 1.21 bits per heavy atom. The van der Waals surface area contributed by atoms with Gasteiger partial charge in [0, 0.05) is 30.0 Å². The van der Waals surface area contributed by atoms with E-state index in [0.717, 1.165) is 37.9 Å². The first-order valence-corrected chi connectivity index (χ1v) is 11.7. The zero-order valence-corrected chi connectivity index (χ0v) is 17.7. The summed E-state index contributed by atoms with van der Waals surface area (Å²) in [6.07, 6.45) is 7.91. The lowest BCUT2D eigenvalue weighted by atomic mass is 9.61. The van der Waals surface area contributed by atoms with Crippen molar-refractivity contribution in [1.82, 2.24) is 4.90 Å². The molecule has 1 N–H and O–H groups in total. The number of aryl methyl sites for hydroxylation is 1. The Bertz CT molecular complexity index is 844. The summed E-state index contributed by atoms with van der Waals surface area (Å²) in [6.45, 7) is 5.18. The van der Waals surface area contributed by atoms with Crippen molar-refractivity contribution in [3.05, 3.63) is 28.8 Å². The minimum absolute atomic E-state index is 0.266. The molecule has 0 spiro atoms. The third kappa shape index (κ3) is 2.85. The molecular formula is C25H33NO3. The van der Waals surface area contributed by atoms with Gasteiger partial charge in [-0.3, -0.25) is 4.79 Å². The topological polar surface area (TPSA) is 49.8 Å². The van der Waals surface area contributed by atoms with Gasteiger partial charge in [-0.15, -0.1) is 0 Å². The van der Waals surface area contributed by atoms with Crippen molar-refractivity contribution in [3.63, 3.8) is 0 Å². The van der Waals surface area contributed by atoms with Crippen molar-refractivity contribution in [2.24, 2.45) is 11.8 Å². The van der Waals surface area contributed by atoms with Crippen molar-refractivity contribution in [2.45, 2.75) is 94.7 Å². The van der Waals surface area contributed by atoms with Crippen LogP contribution in [0.4, 0.5) is 0 Å². The van der Waals surface area contributed by atoms with Gasteiger partial charge in [0.15, 0.2) is 0 Å². The molecule has 3 aliphatic heterocycles. The monoisotopic (exact) mass is 395 g/mol. The van der Waals surface area contributed by atoms with E-state index in [1.54, 1.807) is 0 Å². The number of benzene rings is 1. The lowest BCUT2D eigenvalue weighted by Crippen LogP contribution is -2.65. The van der Waals surface area contributed by atoms with Crippen LogP contribution in [0.1, 0.15) is 86.8 Å². The van der Waals surface area contributed by atoms with Crippen LogP contribution in [-0.4, -0.2) is 40.2 Å². The summed E-state index contributed by atoms with van der Waals surface area (Å²) in [5.74, 6) is 3.29. The molecule has 1 aromatic rings. The van der Waals surface area contributed by atoms with Crippen molar-refractivity contribution in [3.8, 4) is 5.75 Å². The van der Waals surface area contributed by atoms with Gasteiger partial charge in [-0.05, 0) is 86.8 Å². The number of hydrogen-bond acceptors (Lipinski definition) is 3. The average molecular weight is 396 g/mol. The molecule has 4 unspecified atom stereocenters. The fourth-order valence-corrected chi connectivity index (χ4v) is 7.38. The predicted molar refractivity (Wildman–Crippen MR) is 111 cm³/mol. The maximum Gasteiger partial charge on any atom is 0.223 e. The third-order valence-electron chi connectivity index (χ3n) is 8.61. The second-order valence-electron chi connectivity index (χ2n) is 10.9. The van der Waals surface area contributed by atoms with E-state index in [-0.39, 0.29) is 18.0 Å². The SMILES string of the molecule is Cc1ccc2c(c1C1CC1)C(C(C)CC(=O)N1C3CC4CC1CC(O)(C4)C3)CO2. The highest BCUT2D eigenvalue weighted by Crippen LogP contribution is 2.53. The van der Waals surface area contributed by atoms with E-state index in [1.165, 1.54) is 29.5 Å². The Morgan fingerprint density at radius 2 is 1.93 bits per heavy atom. The third-order valence-corrected chi connectivity index (χ3v) is 8.61. The molecule has 2 saturated heterocycles. The molecule has 4 heteroatoms. The van der Waals surface area contributed by atoms with Gasteiger partial charge in [0.2, 0.25) is 5.91 Å². The van der Waals surface area contributed by atoms with E-state index in [4.69, 9.17) is 4.74 Å². The Balaban J connectivity index is 1.22. The minimum atomic E-state index is -0.492. The molecule has 29 heavy (non-hydrogen) atoms. The number of carbonyl (C=O) groups excluding carboxylic acids is 1. The first-order chi connectivity index (χ1) is 13.9. The van der Waals surface area contributed by atoms with E-state index in [1.807, 2.05) is 0 Å². The van der Waals surface area contributed by atoms with Crippen LogP contribution in [0.5, 0.6) is 5.75 Å². The Labute approximate surface area is 173 Å². The molecule has 156 valence electrons. The summed E-state index contributed by atoms with van der Waals surface area (Å²) in [4.78, 5) is 15.6. The normalized spacial score (nSPS) is 38.1. The van der Waals surface area contributed by atoms with Crippen molar-refractivity contribution >= 4 is 5.91 Å². The summed E-state index contributed by atoms with van der Waals surface area (Å²) in [6, 6.07) is 4.87. The van der Waals surface area contributed by atoms with Crippen molar-refractivity contribution in [1.29, 1.82) is 0 Å². The molecule has 3 aliphatic carbocycles. The summed E-state index contributed by atoms with van der Waals surface area (Å²) >= 11 is 0. The maximum absolute atomic E-state index is 13.4. The Morgan fingerprint density at radius 3 is 2.59 bits per heavy atom. The summed E-state index contributed by atoms with van der Waals surface area (Å²) < 4.78 is 6.08. The van der Waals surface area contributed by atoms with Crippen LogP contribution in [0.2, 0.25) is 0 Å². The quantitative estimate of drug-likeness (QED) is 0.828. The van der Waals surface area contributed by atoms with Crippen LogP contribution >= 0.6 is 0 Å². The van der Waals surface area contributed by atoms with Crippen LogP contribution in [0.15, 0.2) is 12.1 Å². The second kappa shape index (κ2) is 6.23. The largest absolute Gasteiger partial charge is 0.493 e. The molecule has 7 rings (SSSR count). The Kier molecular flexibility index (Phi) is 3.92. The zero-order valence-electron chi connectivity index (χ0n) is 17.7. The number of aliphatic hydroxyl groups is 1. The van der Waals surface area contributed by atoms with Crippen LogP contribution < -0.4 is 4.74 Å². The van der Waals surface area contributed by atoms with E-state index in [9.17, 15) is 9.90 Å². The standard InChI is InChI=1S/C25H33NO3/c1-14-3-6-21-24(23(14)17-4-5-17)20(13-29-21)15(2)7-22(27)26-18-8-16-9-19(26)12-25(28,10-16)11-18/h3,6,15-20,28H,4-5,7-13H2,1-2H3. The van der Waals surface area contributed by atoms with Crippen molar-refractivity contribution in [2.75, 3.05) is 6.61 Å². The number of fused-ring (bicyclic) bond motifs is 1. The highest BCUT2D eigenvalue weighted by Gasteiger charge is 2.55. The predicted octanol–water partition coefficient (Wildman–Crippen LogP) is 4.28. The van der Waals surface area contributed by atoms with Gasteiger partial charge >= 0.3 is 0 Å². The summed E-state index contributed by atoms with van der Waals surface area (Å²) in [5.41, 5.74) is 3.82. The second-order valence-corrected chi connectivity index (χ2v) is 10.9. The zero-order chi connectivity index (χ0) is 19.9. The number of ether oxygens (including phenoxy) is 1. The van der Waals surface area contributed by atoms with Gasteiger partial charge in [-0.2, -0.15) is 0 Å². The number of rotatable bonds is 4. The number of carbonyl (C=O) groups is 1. The van der Waals surface area contributed by atoms with E-state index in [0.29, 0.717) is 36.7 Å². The summed E-state index contributed by atoms with van der Waals surface area (Å²) in [7, 11) is 0. The molecular weight excluding hydrogens is 362 g/mol. The van der Waals surface area contributed by atoms with E-state index < -0.39 is 5.60 Å². The van der Waals surface area contributed by atoms with Gasteiger partial charge in [0.25, 0.3) is 0 Å². The highest BCUT2D eigenvalue weighted by molar-refractivity contribution is 5.78. The molecule has 0 aromatic heterocycles. The lowest BCUT2D eigenvalue weighted by molar-refractivity contribution is -0.175. The van der Waals surface area contributed by atoms with E-state index in [2.05, 4.69) is 30.9 Å². The molecule has 3 heterocycles.